The topological polar surface area (TPSA) is 54.7 Å². The molecule has 3 N–H and O–H groups in total. The molecule has 0 aromatic carbocycles. The normalized spacial score (nSPS) is 12.0. The lowest BCUT2D eigenvalue weighted by Gasteiger charge is -2.15. The van der Waals surface area contributed by atoms with Crippen molar-refractivity contribution in [3.63, 3.8) is 0 Å². The summed E-state index contributed by atoms with van der Waals surface area (Å²) < 4.78 is 0.808. The molecule has 0 aliphatic rings. The van der Waals surface area contributed by atoms with Gasteiger partial charge < -0.3 is 10.7 Å². The van der Waals surface area contributed by atoms with E-state index >= 15 is 0 Å². The highest BCUT2D eigenvalue weighted by Crippen LogP contribution is 2.27. The van der Waals surface area contributed by atoms with E-state index in [0.717, 1.165) is 10.3 Å². The van der Waals surface area contributed by atoms with Gasteiger partial charge in [-0.25, -0.2) is 4.98 Å². The third kappa shape index (κ3) is 1.74. The summed E-state index contributed by atoms with van der Waals surface area (Å²) in [6.07, 6.45) is 0. The standard InChI is InChI=1S/C7H12BrN3/c1-7(2,3)4-5(8)11-6(9)10-4/h1-3H3,(H3,9,10,11). The molecule has 62 valence electrons. The van der Waals surface area contributed by atoms with Gasteiger partial charge in [-0.05, 0) is 15.9 Å². The van der Waals surface area contributed by atoms with Gasteiger partial charge in [0.2, 0.25) is 0 Å². The molecule has 0 fully saturated rings. The van der Waals surface area contributed by atoms with Crippen LogP contribution in [0.5, 0.6) is 0 Å². The Morgan fingerprint density at radius 3 is 2.18 bits per heavy atom. The van der Waals surface area contributed by atoms with Gasteiger partial charge in [-0.1, -0.05) is 20.8 Å². The summed E-state index contributed by atoms with van der Waals surface area (Å²) in [6, 6.07) is 0. The monoisotopic (exact) mass is 217 g/mol. The van der Waals surface area contributed by atoms with E-state index in [1.165, 1.54) is 0 Å². The van der Waals surface area contributed by atoms with E-state index in [2.05, 4.69) is 46.7 Å². The molecule has 1 aromatic heterocycles. The van der Waals surface area contributed by atoms with E-state index in [-0.39, 0.29) is 5.41 Å². The van der Waals surface area contributed by atoms with E-state index in [1.54, 1.807) is 0 Å². The molecule has 1 heterocycles. The highest BCUT2D eigenvalue weighted by Gasteiger charge is 2.20. The molecule has 0 aliphatic carbocycles. The number of aromatic nitrogens is 2. The van der Waals surface area contributed by atoms with Gasteiger partial charge in [0.15, 0.2) is 5.95 Å². The average molecular weight is 218 g/mol. The largest absolute Gasteiger partial charge is 0.369 e. The number of halogens is 1. The number of imidazole rings is 1. The molecule has 0 unspecified atom stereocenters. The van der Waals surface area contributed by atoms with Crippen LogP contribution in [0.25, 0.3) is 0 Å². The number of hydrogen-bond acceptors (Lipinski definition) is 2. The van der Waals surface area contributed by atoms with Crippen molar-refractivity contribution in [2.24, 2.45) is 0 Å². The van der Waals surface area contributed by atoms with Crippen LogP contribution >= 0.6 is 15.9 Å². The van der Waals surface area contributed by atoms with Crippen LogP contribution in [0.1, 0.15) is 26.5 Å². The van der Waals surface area contributed by atoms with Crippen molar-refractivity contribution in [1.82, 2.24) is 9.97 Å². The van der Waals surface area contributed by atoms with Crippen LogP contribution < -0.4 is 5.73 Å². The van der Waals surface area contributed by atoms with Crippen LogP contribution in [0, 0.1) is 0 Å². The zero-order chi connectivity index (χ0) is 8.65. The molecule has 11 heavy (non-hydrogen) atoms. The van der Waals surface area contributed by atoms with Gasteiger partial charge in [0.1, 0.15) is 4.60 Å². The Morgan fingerprint density at radius 2 is 2.00 bits per heavy atom. The second kappa shape index (κ2) is 2.52. The van der Waals surface area contributed by atoms with Gasteiger partial charge in [0.05, 0.1) is 5.69 Å². The second-order valence-corrected chi connectivity index (χ2v) is 4.29. The van der Waals surface area contributed by atoms with Crippen LogP contribution in [0.2, 0.25) is 0 Å². The van der Waals surface area contributed by atoms with Crippen molar-refractivity contribution in [2.75, 3.05) is 5.73 Å². The molecule has 1 rings (SSSR count). The van der Waals surface area contributed by atoms with Crippen molar-refractivity contribution in [3.8, 4) is 0 Å². The third-order valence-electron chi connectivity index (χ3n) is 1.43. The molecule has 3 nitrogen and oxygen atoms in total. The number of H-pyrrole nitrogens is 1. The zero-order valence-corrected chi connectivity index (χ0v) is 8.49. The lowest BCUT2D eigenvalue weighted by atomic mass is 9.93. The number of nitrogens with zero attached hydrogens (tertiary/aromatic N) is 1. The average Bonchev–Trinajstić information content (AvgIpc) is 2.08. The van der Waals surface area contributed by atoms with Crippen LogP contribution in [0.3, 0.4) is 0 Å². The predicted molar refractivity (Wildman–Crippen MR) is 49.4 cm³/mol. The minimum Gasteiger partial charge on any atom is -0.369 e. The van der Waals surface area contributed by atoms with E-state index in [4.69, 9.17) is 5.73 Å². The first kappa shape index (κ1) is 8.59. The maximum Gasteiger partial charge on any atom is 0.198 e. The van der Waals surface area contributed by atoms with Crippen LogP contribution in [0.4, 0.5) is 5.95 Å². The van der Waals surface area contributed by atoms with E-state index < -0.39 is 0 Å². The fourth-order valence-corrected chi connectivity index (χ4v) is 1.75. The highest BCUT2D eigenvalue weighted by molar-refractivity contribution is 9.10. The fourth-order valence-electron chi connectivity index (χ4n) is 0.866. The van der Waals surface area contributed by atoms with Gasteiger partial charge in [-0.2, -0.15) is 0 Å². The Labute approximate surface area is 74.5 Å². The molecule has 4 heteroatoms. The van der Waals surface area contributed by atoms with E-state index in [9.17, 15) is 0 Å². The fraction of sp³-hybridized carbons (Fsp3) is 0.571. The molecule has 0 aliphatic heterocycles. The van der Waals surface area contributed by atoms with Crippen molar-refractivity contribution < 1.29 is 0 Å². The molecule has 0 atom stereocenters. The summed E-state index contributed by atoms with van der Waals surface area (Å²) >= 11 is 3.33. The van der Waals surface area contributed by atoms with E-state index in [0.29, 0.717) is 5.95 Å². The second-order valence-electron chi connectivity index (χ2n) is 3.54. The van der Waals surface area contributed by atoms with E-state index in [1.807, 2.05) is 0 Å². The number of aromatic amines is 1. The number of rotatable bonds is 0. The first-order chi connectivity index (χ1) is 4.91. The molecule has 0 radical (unpaired) electrons. The number of nitrogens with two attached hydrogens (primary N) is 1. The Morgan fingerprint density at radius 1 is 1.45 bits per heavy atom. The summed E-state index contributed by atoms with van der Waals surface area (Å²) in [5.74, 6) is 0.460. The number of nitrogen functional groups attached to an aromatic ring is 1. The summed E-state index contributed by atoms with van der Waals surface area (Å²) in [5, 5.41) is 0. The summed E-state index contributed by atoms with van der Waals surface area (Å²) in [5.41, 5.74) is 6.58. The van der Waals surface area contributed by atoms with Crippen LogP contribution in [-0.4, -0.2) is 9.97 Å². The predicted octanol–water partition coefficient (Wildman–Crippen LogP) is 2.05. The molecular weight excluding hydrogens is 206 g/mol. The Balaban J connectivity index is 3.13. The maximum absolute atomic E-state index is 5.48. The van der Waals surface area contributed by atoms with Gasteiger partial charge in [-0.3, -0.25) is 0 Å². The molecule has 0 spiro atoms. The number of anilines is 1. The lowest BCUT2D eigenvalue weighted by molar-refractivity contribution is 0.569. The smallest absolute Gasteiger partial charge is 0.198 e. The maximum atomic E-state index is 5.48. The van der Waals surface area contributed by atoms with Crippen molar-refractivity contribution in [1.29, 1.82) is 0 Å². The van der Waals surface area contributed by atoms with Gasteiger partial charge in [0.25, 0.3) is 0 Å². The van der Waals surface area contributed by atoms with Gasteiger partial charge >= 0.3 is 0 Å². The first-order valence-electron chi connectivity index (χ1n) is 3.42. The van der Waals surface area contributed by atoms with Gasteiger partial charge in [0, 0.05) is 5.41 Å². The summed E-state index contributed by atoms with van der Waals surface area (Å²) in [6.45, 7) is 6.31. The zero-order valence-electron chi connectivity index (χ0n) is 6.90. The van der Waals surface area contributed by atoms with Crippen molar-refractivity contribution in [3.05, 3.63) is 10.3 Å². The quantitative estimate of drug-likeness (QED) is 0.700. The highest BCUT2D eigenvalue weighted by atomic mass is 79.9. The SMILES string of the molecule is CC(C)(C)c1[nH]c(N)nc1Br. The Bertz CT molecular complexity index is 259. The van der Waals surface area contributed by atoms with Gasteiger partial charge in [-0.15, -0.1) is 0 Å². The first-order valence-corrected chi connectivity index (χ1v) is 4.22. The summed E-state index contributed by atoms with van der Waals surface area (Å²) in [7, 11) is 0. The molecular formula is C7H12BrN3. The molecule has 1 aromatic rings. The molecule has 0 amide bonds. The number of hydrogen-bond donors (Lipinski definition) is 2. The Kier molecular flexibility index (Phi) is 1.96. The van der Waals surface area contributed by atoms with Crippen LogP contribution in [0.15, 0.2) is 4.60 Å². The lowest BCUT2D eigenvalue weighted by Crippen LogP contribution is -2.12. The van der Waals surface area contributed by atoms with Crippen molar-refractivity contribution >= 4 is 21.9 Å². The minimum absolute atomic E-state index is 0.0590. The molecule has 0 saturated heterocycles. The third-order valence-corrected chi connectivity index (χ3v) is 2.00. The molecule has 0 saturated carbocycles. The number of nitrogens with one attached hydrogen (secondary N) is 1. The molecule has 0 bridgehead atoms. The van der Waals surface area contributed by atoms with Crippen LogP contribution in [-0.2, 0) is 5.41 Å². The summed E-state index contributed by atoms with van der Waals surface area (Å²) in [4.78, 5) is 7.02. The van der Waals surface area contributed by atoms with Crippen molar-refractivity contribution in [2.45, 2.75) is 26.2 Å². The minimum atomic E-state index is 0.0590. The Hall–Kier alpha value is -0.510.